The number of nitrogens with zero attached hydrogens (tertiary/aromatic N) is 2. The van der Waals surface area contributed by atoms with E-state index in [-0.39, 0.29) is 0 Å². The van der Waals surface area contributed by atoms with Crippen molar-refractivity contribution in [1.82, 2.24) is 4.57 Å². The molecule has 0 atom stereocenters. The molecule has 0 amide bonds. The number of aromatic nitrogens is 1. The van der Waals surface area contributed by atoms with Gasteiger partial charge in [0, 0.05) is 33.5 Å². The topological polar surface area (TPSA) is 8.17 Å². The second-order valence-corrected chi connectivity index (χ2v) is 17.0. The quantitative estimate of drug-likeness (QED) is 0.138. The van der Waals surface area contributed by atoms with E-state index in [1.165, 1.54) is 93.6 Å². The van der Waals surface area contributed by atoms with Crippen molar-refractivity contribution in [3.05, 3.63) is 242 Å². The summed E-state index contributed by atoms with van der Waals surface area (Å²) in [6, 6.07) is 71.7. The third kappa shape index (κ3) is 7.35. The van der Waals surface area contributed by atoms with Gasteiger partial charge in [0.15, 0.2) is 0 Å². The third-order valence-electron chi connectivity index (χ3n) is 13.2. The van der Waals surface area contributed by atoms with Crippen LogP contribution in [0.25, 0.3) is 88.0 Å². The van der Waals surface area contributed by atoms with Crippen molar-refractivity contribution in [2.75, 3.05) is 4.90 Å². The van der Waals surface area contributed by atoms with Gasteiger partial charge in [0.2, 0.25) is 0 Å². The molecule has 12 rings (SSSR count). The molecular weight excluding hydrogens is 797 g/mol. The van der Waals surface area contributed by atoms with Crippen LogP contribution in [0.3, 0.4) is 0 Å². The highest BCUT2D eigenvalue weighted by Crippen LogP contribution is 2.45. The standard InChI is InChI=1S/C62H46N2.C2H6/c1-5-18-43(19-6-1)46-32-38-59-57(41-46)58-42-47(44-20-7-2-8-21-44)33-39-60(58)64(59)51-36-34-50(35-37-51)63(49-25-11-4-12-26-49)52-27-17-24-48(40-52)62-55-30-15-13-28-53(55)61(45-22-9-3-10-23-45)54-29-14-16-31-56(54)62;1-2/h1,3,5-7,9-11,13-42H,2,4,8,12H2;1-2H3. The molecule has 318 valence electrons. The largest absolute Gasteiger partial charge is 0.311 e. The summed E-state index contributed by atoms with van der Waals surface area (Å²) in [5.41, 5.74) is 17.0. The molecule has 10 aromatic rings. The summed E-state index contributed by atoms with van der Waals surface area (Å²) in [5, 5.41) is 7.56. The maximum atomic E-state index is 2.44. The maximum absolute atomic E-state index is 2.44. The fraction of sp³-hybridized carbons (Fsp3) is 0.0938. The predicted octanol–water partition coefficient (Wildman–Crippen LogP) is 18.2. The predicted molar refractivity (Wildman–Crippen MR) is 285 cm³/mol. The lowest BCUT2D eigenvalue weighted by Gasteiger charge is -2.28. The number of rotatable bonds is 8. The van der Waals surface area contributed by atoms with Gasteiger partial charge in [-0.3, -0.25) is 0 Å². The number of benzene rings is 9. The second kappa shape index (κ2) is 17.9. The Bertz CT molecular complexity index is 3470. The van der Waals surface area contributed by atoms with E-state index in [9.17, 15) is 0 Å². The molecule has 2 aliphatic rings. The Labute approximate surface area is 388 Å². The van der Waals surface area contributed by atoms with Gasteiger partial charge in [0.25, 0.3) is 0 Å². The van der Waals surface area contributed by atoms with Crippen molar-refractivity contribution in [3.63, 3.8) is 0 Å². The van der Waals surface area contributed by atoms with Crippen LogP contribution >= 0.6 is 0 Å². The van der Waals surface area contributed by atoms with E-state index in [4.69, 9.17) is 0 Å². The zero-order valence-electron chi connectivity index (χ0n) is 37.7. The van der Waals surface area contributed by atoms with E-state index in [1.807, 2.05) is 13.8 Å². The van der Waals surface area contributed by atoms with E-state index in [0.717, 1.165) is 42.7 Å². The first kappa shape index (κ1) is 40.8. The summed E-state index contributed by atoms with van der Waals surface area (Å²) in [7, 11) is 0. The molecule has 0 N–H and O–H groups in total. The van der Waals surface area contributed by atoms with Crippen LogP contribution in [0, 0.1) is 0 Å². The second-order valence-electron chi connectivity index (χ2n) is 17.0. The Kier molecular flexibility index (Phi) is 11.1. The van der Waals surface area contributed by atoms with Gasteiger partial charge in [-0.15, -0.1) is 0 Å². The van der Waals surface area contributed by atoms with Gasteiger partial charge >= 0.3 is 0 Å². The lowest BCUT2D eigenvalue weighted by Crippen LogP contribution is -2.16. The smallest absolute Gasteiger partial charge is 0.0541 e. The van der Waals surface area contributed by atoms with Crippen LogP contribution in [-0.2, 0) is 0 Å². The van der Waals surface area contributed by atoms with Crippen molar-refractivity contribution in [1.29, 1.82) is 0 Å². The van der Waals surface area contributed by atoms with E-state index in [1.54, 1.807) is 0 Å². The average molecular weight is 849 g/mol. The Morgan fingerprint density at radius 1 is 0.364 bits per heavy atom. The van der Waals surface area contributed by atoms with Gasteiger partial charge < -0.3 is 9.47 Å². The van der Waals surface area contributed by atoms with E-state index < -0.39 is 0 Å². The number of fused-ring (bicyclic) bond motifs is 5. The normalized spacial score (nSPS) is 13.4. The van der Waals surface area contributed by atoms with Crippen LogP contribution < -0.4 is 4.90 Å². The highest BCUT2D eigenvalue weighted by atomic mass is 15.1. The van der Waals surface area contributed by atoms with Crippen LogP contribution in [0.15, 0.2) is 236 Å². The Morgan fingerprint density at radius 3 is 1.48 bits per heavy atom. The lowest BCUT2D eigenvalue weighted by molar-refractivity contribution is 0.997. The average Bonchev–Trinajstić information content (AvgIpc) is 3.73. The summed E-state index contributed by atoms with van der Waals surface area (Å²) in [6.07, 6.45) is 18.2. The summed E-state index contributed by atoms with van der Waals surface area (Å²) in [5.74, 6) is 0. The molecule has 0 saturated carbocycles. The van der Waals surface area contributed by atoms with Crippen molar-refractivity contribution >= 4 is 60.3 Å². The highest BCUT2D eigenvalue weighted by molar-refractivity contribution is 6.21. The third-order valence-corrected chi connectivity index (χ3v) is 13.2. The summed E-state index contributed by atoms with van der Waals surface area (Å²) in [6.45, 7) is 4.00. The van der Waals surface area contributed by atoms with Crippen molar-refractivity contribution < 1.29 is 0 Å². The first-order valence-corrected chi connectivity index (χ1v) is 23.6. The summed E-state index contributed by atoms with van der Waals surface area (Å²) < 4.78 is 2.44. The van der Waals surface area contributed by atoms with Crippen molar-refractivity contribution in [3.8, 4) is 39.1 Å². The molecule has 66 heavy (non-hydrogen) atoms. The zero-order valence-corrected chi connectivity index (χ0v) is 37.7. The zero-order chi connectivity index (χ0) is 44.4. The minimum Gasteiger partial charge on any atom is -0.311 e. The fourth-order valence-corrected chi connectivity index (χ4v) is 10.2. The van der Waals surface area contributed by atoms with Gasteiger partial charge in [-0.25, -0.2) is 0 Å². The molecular formula is C64H52N2. The molecule has 2 aliphatic carbocycles. The molecule has 1 heterocycles. The molecule has 9 aromatic carbocycles. The van der Waals surface area contributed by atoms with Gasteiger partial charge in [0.1, 0.15) is 0 Å². The minimum absolute atomic E-state index is 1.01. The SMILES string of the molecule is C1=CC(c2ccc3c(c2)c2cc(-c4ccccc4)ccc2n3-c2ccc(N(C3=CCCC=C3)c3cccc(-c4c5ccccc5c(-c5ccccc5)c5ccccc45)c3)cc2)=CCC1.CC. The summed E-state index contributed by atoms with van der Waals surface area (Å²) >= 11 is 0. The highest BCUT2D eigenvalue weighted by Gasteiger charge is 2.21. The van der Waals surface area contributed by atoms with Crippen LogP contribution in [-0.4, -0.2) is 4.57 Å². The molecule has 0 spiro atoms. The van der Waals surface area contributed by atoms with E-state index >= 15 is 0 Å². The van der Waals surface area contributed by atoms with Crippen LogP contribution in [0.2, 0.25) is 0 Å². The molecule has 0 radical (unpaired) electrons. The molecule has 2 heteroatoms. The number of allylic oxidation sites excluding steroid dienone is 7. The van der Waals surface area contributed by atoms with Crippen LogP contribution in [0.4, 0.5) is 11.4 Å². The van der Waals surface area contributed by atoms with Gasteiger partial charge in [-0.1, -0.05) is 178 Å². The molecule has 0 bridgehead atoms. The van der Waals surface area contributed by atoms with Gasteiger partial charge in [0.05, 0.1) is 11.0 Å². The lowest BCUT2D eigenvalue weighted by atomic mass is 9.86. The molecule has 1 aromatic heterocycles. The van der Waals surface area contributed by atoms with Gasteiger partial charge in [-0.05, 0) is 158 Å². The minimum atomic E-state index is 1.01. The molecule has 0 saturated heterocycles. The first-order valence-electron chi connectivity index (χ1n) is 23.6. The monoisotopic (exact) mass is 848 g/mol. The molecule has 2 nitrogen and oxygen atoms in total. The Morgan fingerprint density at radius 2 is 0.894 bits per heavy atom. The molecule has 0 unspecified atom stereocenters. The summed E-state index contributed by atoms with van der Waals surface area (Å²) in [4.78, 5) is 2.43. The number of anilines is 2. The molecule has 0 fully saturated rings. The van der Waals surface area contributed by atoms with E-state index in [0.29, 0.717) is 0 Å². The van der Waals surface area contributed by atoms with Crippen LogP contribution in [0.5, 0.6) is 0 Å². The number of hydrogen-bond donors (Lipinski definition) is 0. The number of hydrogen-bond acceptors (Lipinski definition) is 1. The fourth-order valence-electron chi connectivity index (χ4n) is 10.2. The van der Waals surface area contributed by atoms with Crippen molar-refractivity contribution in [2.45, 2.75) is 39.5 Å². The maximum Gasteiger partial charge on any atom is 0.0541 e. The first-order chi connectivity index (χ1) is 32.8. The van der Waals surface area contributed by atoms with Gasteiger partial charge in [-0.2, -0.15) is 0 Å². The Balaban J connectivity index is 0.00000238. The van der Waals surface area contributed by atoms with Crippen molar-refractivity contribution in [2.24, 2.45) is 0 Å². The molecule has 0 aliphatic heterocycles. The van der Waals surface area contributed by atoms with E-state index in [2.05, 4.69) is 240 Å². The van der Waals surface area contributed by atoms with Crippen LogP contribution in [0.1, 0.15) is 45.1 Å². The Hall–Kier alpha value is -7.94.